The van der Waals surface area contributed by atoms with E-state index in [4.69, 9.17) is 16.3 Å². The molecule has 0 aliphatic heterocycles. The molecule has 0 aliphatic rings. The van der Waals surface area contributed by atoms with Gasteiger partial charge in [0.15, 0.2) is 0 Å². The maximum absolute atomic E-state index is 12.3. The number of aliphatic hydroxyl groups is 1. The van der Waals surface area contributed by atoms with Crippen molar-refractivity contribution < 1.29 is 14.6 Å². The van der Waals surface area contributed by atoms with Crippen LogP contribution in [0.15, 0.2) is 72.8 Å². The number of anilines is 2. The zero-order valence-electron chi connectivity index (χ0n) is 18.4. The second-order valence-corrected chi connectivity index (χ2v) is 7.77. The predicted octanol–water partition coefficient (Wildman–Crippen LogP) is 4.42. The van der Waals surface area contributed by atoms with Crippen LogP contribution in [-0.2, 0) is 11.3 Å². The molecule has 4 aromatic rings. The first-order valence-electron chi connectivity index (χ1n) is 10.6. The number of aliphatic hydroxyl groups excluding tert-OH is 1. The number of aromatic amines is 1. The number of hydrogen-bond acceptors (Lipinski definition) is 7. The van der Waals surface area contributed by atoms with Crippen molar-refractivity contribution in [2.45, 2.75) is 12.6 Å². The molecule has 9 nitrogen and oxygen atoms in total. The topological polar surface area (TPSA) is 125 Å². The van der Waals surface area contributed by atoms with Gasteiger partial charge in [-0.25, -0.2) is 4.79 Å². The minimum absolute atomic E-state index is 0.142. The van der Waals surface area contributed by atoms with Crippen LogP contribution in [0, 0.1) is 11.8 Å². The average molecular weight is 489 g/mol. The van der Waals surface area contributed by atoms with Gasteiger partial charge in [0.1, 0.15) is 19.3 Å². The molecule has 0 fully saturated rings. The maximum Gasteiger partial charge on any atom is 0.411 e. The minimum Gasteiger partial charge on any atom is -0.444 e. The summed E-state index contributed by atoms with van der Waals surface area (Å²) in [7, 11) is 0. The Morgan fingerprint density at radius 3 is 2.71 bits per heavy atom. The first-order chi connectivity index (χ1) is 17.1. The van der Waals surface area contributed by atoms with Crippen molar-refractivity contribution in [3.63, 3.8) is 0 Å². The molecule has 0 radical (unpaired) electrons. The second kappa shape index (κ2) is 11.7. The molecule has 4 N–H and O–H groups in total. The lowest BCUT2D eigenvalue weighted by atomic mass is 10.1. The summed E-state index contributed by atoms with van der Waals surface area (Å²) in [5.41, 5.74) is 3.50. The number of benzene rings is 3. The first-order valence-corrected chi connectivity index (χ1v) is 11.0. The van der Waals surface area contributed by atoms with Crippen LogP contribution in [0.2, 0.25) is 5.02 Å². The highest BCUT2D eigenvalue weighted by atomic mass is 35.5. The molecule has 1 atom stereocenters. The van der Waals surface area contributed by atoms with Crippen molar-refractivity contribution >= 4 is 29.1 Å². The Balaban J connectivity index is 1.51. The number of hydrogen-bond donors (Lipinski definition) is 4. The molecular weight excluding hydrogens is 468 g/mol. The number of ether oxygens (including phenoxy) is 1. The molecule has 0 spiro atoms. The van der Waals surface area contributed by atoms with Gasteiger partial charge in [-0.2, -0.15) is 5.21 Å². The van der Waals surface area contributed by atoms with E-state index in [1.54, 1.807) is 18.2 Å². The number of carbonyl (C=O) groups is 1. The van der Waals surface area contributed by atoms with Crippen LogP contribution in [-0.4, -0.2) is 38.4 Å². The number of halogens is 1. The van der Waals surface area contributed by atoms with Crippen LogP contribution in [0.25, 0.3) is 11.4 Å². The van der Waals surface area contributed by atoms with Gasteiger partial charge in [0.2, 0.25) is 5.82 Å². The Labute approximate surface area is 206 Å². The Morgan fingerprint density at radius 2 is 1.94 bits per heavy atom. The Hall–Kier alpha value is -4.39. The lowest BCUT2D eigenvalue weighted by Crippen LogP contribution is -2.15. The van der Waals surface area contributed by atoms with Crippen molar-refractivity contribution in [1.29, 1.82) is 0 Å². The van der Waals surface area contributed by atoms with E-state index in [0.29, 0.717) is 22.1 Å². The average Bonchev–Trinajstić information content (AvgIpc) is 3.41. The summed E-state index contributed by atoms with van der Waals surface area (Å²) in [4.78, 5) is 12.3. The number of rotatable bonds is 7. The number of aromatic nitrogens is 4. The van der Waals surface area contributed by atoms with Gasteiger partial charge in [0.05, 0.1) is 0 Å². The van der Waals surface area contributed by atoms with Gasteiger partial charge < -0.3 is 15.2 Å². The van der Waals surface area contributed by atoms with Gasteiger partial charge in [0.25, 0.3) is 0 Å². The summed E-state index contributed by atoms with van der Waals surface area (Å²) >= 11 is 6.34. The number of amides is 1. The quantitative estimate of drug-likeness (QED) is 0.284. The second-order valence-electron chi connectivity index (χ2n) is 7.33. The van der Waals surface area contributed by atoms with Crippen LogP contribution in [0.1, 0.15) is 17.2 Å². The monoisotopic (exact) mass is 488 g/mol. The summed E-state index contributed by atoms with van der Waals surface area (Å²) in [5, 5.41) is 29.7. The molecule has 0 saturated carbocycles. The molecule has 0 saturated heterocycles. The lowest BCUT2D eigenvalue weighted by Gasteiger charge is -2.17. The summed E-state index contributed by atoms with van der Waals surface area (Å²) in [5.74, 6) is 6.11. The van der Waals surface area contributed by atoms with E-state index in [1.807, 2.05) is 54.6 Å². The van der Waals surface area contributed by atoms with Gasteiger partial charge in [-0.1, -0.05) is 65.9 Å². The van der Waals surface area contributed by atoms with Crippen LogP contribution in [0.3, 0.4) is 0 Å². The van der Waals surface area contributed by atoms with E-state index in [9.17, 15) is 9.90 Å². The summed E-state index contributed by atoms with van der Waals surface area (Å²) in [6.45, 7) is -0.165. The molecule has 0 unspecified atom stereocenters. The van der Waals surface area contributed by atoms with Crippen molar-refractivity contribution in [1.82, 2.24) is 20.6 Å². The number of carbonyl (C=O) groups excluding carboxylic acids is 1. The standard InChI is InChI=1S/C25H21ClN6O3/c26-20-12-19(14-22(15-20)28-25(34)35-16-17-6-2-1-3-7-17)23(10-5-11-33)27-21-9-4-8-18(13-21)24-29-31-32-30-24/h1-4,6-9,12-15,23,27,33H,11,16H2,(H,28,34)(H,29,30,31,32)/t23-/m0/s1. The SMILES string of the molecule is O=C(Nc1cc(Cl)cc([C@H](C#CCO)Nc2cccc(-c3nn[nH]n3)c2)c1)OCc1ccccc1. The van der Waals surface area contributed by atoms with Gasteiger partial charge in [-0.3, -0.25) is 5.32 Å². The normalized spacial score (nSPS) is 11.1. The molecular formula is C25H21ClN6O3. The first kappa shape index (κ1) is 23.8. The molecule has 1 amide bonds. The van der Waals surface area contributed by atoms with Crippen LogP contribution < -0.4 is 10.6 Å². The fourth-order valence-corrected chi connectivity index (χ4v) is 3.52. The number of nitrogens with zero attached hydrogens (tertiary/aromatic N) is 3. The molecule has 10 heteroatoms. The van der Waals surface area contributed by atoms with Gasteiger partial charge >= 0.3 is 6.09 Å². The minimum atomic E-state index is -0.610. The molecule has 3 aromatic carbocycles. The van der Waals surface area contributed by atoms with Crippen molar-refractivity contribution in [3.8, 4) is 23.2 Å². The number of tetrazole rings is 1. The smallest absolute Gasteiger partial charge is 0.411 e. The van der Waals surface area contributed by atoms with E-state index in [1.165, 1.54) is 0 Å². The fraction of sp³-hybridized carbons (Fsp3) is 0.120. The third-order valence-electron chi connectivity index (χ3n) is 4.82. The van der Waals surface area contributed by atoms with E-state index < -0.39 is 12.1 Å². The van der Waals surface area contributed by atoms with Gasteiger partial charge in [0, 0.05) is 22.0 Å². The van der Waals surface area contributed by atoms with Gasteiger partial charge in [-0.05, 0) is 46.7 Å². The molecule has 1 heterocycles. The van der Waals surface area contributed by atoms with Crippen molar-refractivity contribution in [2.24, 2.45) is 0 Å². The Morgan fingerprint density at radius 1 is 1.09 bits per heavy atom. The zero-order valence-corrected chi connectivity index (χ0v) is 19.2. The molecule has 0 bridgehead atoms. The largest absolute Gasteiger partial charge is 0.444 e. The third kappa shape index (κ3) is 6.80. The molecule has 4 rings (SSSR count). The molecule has 176 valence electrons. The van der Waals surface area contributed by atoms with E-state index in [0.717, 1.165) is 16.8 Å². The summed E-state index contributed by atoms with van der Waals surface area (Å²) in [6.07, 6.45) is -0.610. The number of nitrogens with one attached hydrogen (secondary N) is 3. The van der Waals surface area contributed by atoms with Crippen LogP contribution in [0.4, 0.5) is 16.2 Å². The summed E-state index contributed by atoms with van der Waals surface area (Å²) in [6, 6.07) is 21.3. The van der Waals surface area contributed by atoms with E-state index >= 15 is 0 Å². The van der Waals surface area contributed by atoms with Crippen LogP contribution >= 0.6 is 11.6 Å². The highest BCUT2D eigenvalue weighted by molar-refractivity contribution is 6.31. The third-order valence-corrected chi connectivity index (χ3v) is 5.03. The highest BCUT2D eigenvalue weighted by Crippen LogP contribution is 2.27. The zero-order chi connectivity index (χ0) is 24.5. The summed E-state index contributed by atoms with van der Waals surface area (Å²) < 4.78 is 5.29. The van der Waals surface area contributed by atoms with E-state index in [2.05, 4.69) is 43.1 Å². The van der Waals surface area contributed by atoms with Crippen molar-refractivity contribution in [3.05, 3.63) is 88.9 Å². The molecule has 1 aromatic heterocycles. The predicted molar refractivity (Wildman–Crippen MR) is 133 cm³/mol. The van der Waals surface area contributed by atoms with Crippen molar-refractivity contribution in [2.75, 3.05) is 17.2 Å². The lowest BCUT2D eigenvalue weighted by molar-refractivity contribution is 0.155. The Bertz CT molecular complexity index is 1340. The van der Waals surface area contributed by atoms with Crippen LogP contribution in [0.5, 0.6) is 0 Å². The van der Waals surface area contributed by atoms with Gasteiger partial charge in [-0.15, -0.1) is 10.2 Å². The number of H-pyrrole nitrogens is 1. The molecule has 35 heavy (non-hydrogen) atoms. The van der Waals surface area contributed by atoms with E-state index in [-0.39, 0.29) is 13.2 Å². The molecule has 0 aliphatic carbocycles. The Kier molecular flexibility index (Phi) is 7.91. The maximum atomic E-state index is 12.3. The highest BCUT2D eigenvalue weighted by Gasteiger charge is 2.14. The fourth-order valence-electron chi connectivity index (χ4n) is 3.28.